The van der Waals surface area contributed by atoms with Gasteiger partial charge in [-0.1, -0.05) is 12.1 Å². The molecule has 0 saturated heterocycles. The maximum absolute atomic E-state index is 9.68. The molecule has 1 aliphatic heterocycles. The number of aryl methyl sites for hydroxylation is 3. The normalized spacial score (nSPS) is 14.1. The molecule has 1 aromatic carbocycles. The summed E-state index contributed by atoms with van der Waals surface area (Å²) in [7, 11) is 0. The highest BCUT2D eigenvalue weighted by Crippen LogP contribution is 2.24. The van der Waals surface area contributed by atoms with Crippen molar-refractivity contribution in [1.29, 1.82) is 0 Å². The third-order valence-corrected chi connectivity index (χ3v) is 3.59. The van der Waals surface area contributed by atoms with E-state index in [0.717, 1.165) is 28.3 Å². The molecule has 1 N–H and O–H groups in total. The first kappa shape index (κ1) is 12.1. The van der Waals surface area contributed by atoms with Crippen LogP contribution < -0.4 is 0 Å². The van der Waals surface area contributed by atoms with Gasteiger partial charge < -0.3 is 5.11 Å². The van der Waals surface area contributed by atoms with Gasteiger partial charge in [-0.25, -0.2) is 0 Å². The molecule has 0 fully saturated rings. The van der Waals surface area contributed by atoms with Gasteiger partial charge in [-0.15, -0.1) is 16.9 Å². The summed E-state index contributed by atoms with van der Waals surface area (Å²) in [5.41, 5.74) is 3.12. The summed E-state index contributed by atoms with van der Waals surface area (Å²) < 4.78 is 0. The smallest absolute Gasteiger partial charge is 0.121 e. The molecule has 1 aromatic rings. The number of aromatic hydroxyl groups is 1. The Morgan fingerprint density at radius 1 is 1.29 bits per heavy atom. The predicted octanol–water partition coefficient (Wildman–Crippen LogP) is 3.06. The van der Waals surface area contributed by atoms with E-state index in [1.807, 2.05) is 26.0 Å². The first-order valence-electron chi connectivity index (χ1n) is 5.52. The first-order chi connectivity index (χ1) is 8.16. The maximum Gasteiger partial charge on any atom is 0.121 e. The van der Waals surface area contributed by atoms with E-state index in [1.54, 1.807) is 11.8 Å². The Balaban J connectivity index is 1.91. The molecule has 90 valence electrons. The molecule has 0 amide bonds. The van der Waals surface area contributed by atoms with Crippen LogP contribution >= 0.6 is 11.8 Å². The molecule has 0 bridgehead atoms. The minimum Gasteiger partial charge on any atom is -0.507 e. The van der Waals surface area contributed by atoms with Crippen molar-refractivity contribution in [3.63, 3.8) is 0 Å². The van der Waals surface area contributed by atoms with E-state index >= 15 is 0 Å². The summed E-state index contributed by atoms with van der Waals surface area (Å²) >= 11 is 1.69. The van der Waals surface area contributed by atoms with E-state index in [1.165, 1.54) is 5.56 Å². The van der Waals surface area contributed by atoms with Crippen LogP contribution in [0, 0.1) is 13.8 Å². The van der Waals surface area contributed by atoms with Crippen molar-refractivity contribution in [1.82, 2.24) is 0 Å². The highest BCUT2D eigenvalue weighted by Gasteiger charge is 2.06. The second-order valence-electron chi connectivity index (χ2n) is 4.06. The molecule has 17 heavy (non-hydrogen) atoms. The zero-order valence-electron chi connectivity index (χ0n) is 9.97. The quantitative estimate of drug-likeness (QED) is 0.895. The lowest BCUT2D eigenvalue weighted by Crippen LogP contribution is -1.97. The zero-order valence-corrected chi connectivity index (χ0v) is 10.8. The second kappa shape index (κ2) is 5.31. The molecule has 0 unspecified atom stereocenters. The zero-order chi connectivity index (χ0) is 12.3. The van der Waals surface area contributed by atoms with Gasteiger partial charge in [-0.3, -0.25) is 0 Å². The SMILES string of the molecule is Cc1cc(CCSC2=NN=NC2)cc(C)c1O. The van der Waals surface area contributed by atoms with E-state index in [0.29, 0.717) is 12.3 Å². The molecule has 4 nitrogen and oxygen atoms in total. The minimum absolute atomic E-state index is 0.402. The molecule has 0 aromatic heterocycles. The van der Waals surface area contributed by atoms with E-state index in [2.05, 4.69) is 15.4 Å². The van der Waals surface area contributed by atoms with Crippen molar-refractivity contribution in [3.8, 4) is 5.75 Å². The number of benzene rings is 1. The van der Waals surface area contributed by atoms with Gasteiger partial charge in [0.25, 0.3) is 0 Å². The van der Waals surface area contributed by atoms with Crippen LogP contribution in [-0.2, 0) is 6.42 Å². The molecule has 1 aliphatic rings. The number of hydrogen-bond donors (Lipinski definition) is 1. The van der Waals surface area contributed by atoms with Gasteiger partial charge in [-0.2, -0.15) is 5.11 Å². The van der Waals surface area contributed by atoms with Gasteiger partial charge in [0.2, 0.25) is 0 Å². The number of rotatable bonds is 3. The minimum atomic E-state index is 0.402. The summed E-state index contributed by atoms with van der Waals surface area (Å²) in [6, 6.07) is 4.07. The molecule has 0 spiro atoms. The predicted molar refractivity (Wildman–Crippen MR) is 70.9 cm³/mol. The Labute approximate surface area is 105 Å². The Bertz CT molecular complexity index is 460. The van der Waals surface area contributed by atoms with Gasteiger partial charge in [0, 0.05) is 5.75 Å². The molecule has 2 rings (SSSR count). The van der Waals surface area contributed by atoms with Crippen molar-refractivity contribution < 1.29 is 5.11 Å². The van der Waals surface area contributed by atoms with Crippen LogP contribution in [0.25, 0.3) is 0 Å². The Hall–Kier alpha value is -1.36. The average Bonchev–Trinajstić information content (AvgIpc) is 2.79. The molecule has 0 saturated carbocycles. The highest BCUT2D eigenvalue weighted by atomic mass is 32.2. The van der Waals surface area contributed by atoms with E-state index in [4.69, 9.17) is 0 Å². The van der Waals surface area contributed by atoms with Crippen molar-refractivity contribution in [2.45, 2.75) is 20.3 Å². The van der Waals surface area contributed by atoms with Gasteiger partial charge in [0.1, 0.15) is 17.3 Å². The second-order valence-corrected chi connectivity index (χ2v) is 5.23. The number of thioether (sulfide) groups is 1. The van der Waals surface area contributed by atoms with Gasteiger partial charge >= 0.3 is 0 Å². The van der Waals surface area contributed by atoms with Crippen LogP contribution in [0.5, 0.6) is 5.75 Å². The first-order valence-corrected chi connectivity index (χ1v) is 6.50. The fourth-order valence-corrected chi connectivity index (χ4v) is 2.57. The topological polar surface area (TPSA) is 57.3 Å². The highest BCUT2D eigenvalue weighted by molar-refractivity contribution is 8.14. The van der Waals surface area contributed by atoms with Crippen LogP contribution in [0.3, 0.4) is 0 Å². The molecular formula is C12H15N3OS. The van der Waals surface area contributed by atoms with Gasteiger partial charge in [-0.05, 0) is 42.2 Å². The standard InChI is InChI=1S/C12H15N3OS/c1-8-5-10(6-9(2)12(8)16)3-4-17-11-7-13-15-14-11/h5-6,16H,3-4,7H2,1-2H3. The Kier molecular flexibility index (Phi) is 3.78. The number of phenols is 1. The third-order valence-electron chi connectivity index (χ3n) is 2.64. The summed E-state index contributed by atoms with van der Waals surface area (Å²) in [6.45, 7) is 4.48. The Morgan fingerprint density at radius 2 is 2.00 bits per heavy atom. The lowest BCUT2D eigenvalue weighted by molar-refractivity contribution is 0.466. The molecule has 0 atom stereocenters. The van der Waals surface area contributed by atoms with Crippen molar-refractivity contribution >= 4 is 16.8 Å². The summed E-state index contributed by atoms with van der Waals surface area (Å²) in [5.74, 6) is 1.37. The van der Waals surface area contributed by atoms with Gasteiger partial charge in [0.05, 0.1) is 0 Å². The molecular weight excluding hydrogens is 234 g/mol. The molecule has 1 heterocycles. The summed E-state index contributed by atoms with van der Waals surface area (Å²) in [6.07, 6.45) is 0.964. The van der Waals surface area contributed by atoms with E-state index < -0.39 is 0 Å². The fourth-order valence-electron chi connectivity index (χ4n) is 1.76. The third kappa shape index (κ3) is 3.06. The largest absolute Gasteiger partial charge is 0.507 e. The fraction of sp³-hybridized carbons (Fsp3) is 0.417. The Morgan fingerprint density at radius 3 is 2.59 bits per heavy atom. The van der Waals surface area contributed by atoms with Crippen molar-refractivity contribution in [2.75, 3.05) is 12.3 Å². The average molecular weight is 249 g/mol. The van der Waals surface area contributed by atoms with Crippen LogP contribution in [-0.4, -0.2) is 22.4 Å². The maximum atomic E-state index is 9.68. The summed E-state index contributed by atoms with van der Waals surface area (Å²) in [4.78, 5) is 0. The van der Waals surface area contributed by atoms with Crippen LogP contribution in [0.1, 0.15) is 16.7 Å². The number of hydrogen-bond acceptors (Lipinski definition) is 5. The molecule has 5 heteroatoms. The van der Waals surface area contributed by atoms with Crippen LogP contribution in [0.4, 0.5) is 0 Å². The monoisotopic (exact) mass is 249 g/mol. The summed E-state index contributed by atoms with van der Waals surface area (Å²) in [5, 5.41) is 22.0. The van der Waals surface area contributed by atoms with Crippen LogP contribution in [0.2, 0.25) is 0 Å². The molecule has 0 aliphatic carbocycles. The van der Waals surface area contributed by atoms with Gasteiger partial charge in [0.15, 0.2) is 0 Å². The van der Waals surface area contributed by atoms with E-state index in [-0.39, 0.29) is 0 Å². The van der Waals surface area contributed by atoms with E-state index in [9.17, 15) is 5.11 Å². The lowest BCUT2D eigenvalue weighted by atomic mass is 10.0. The van der Waals surface area contributed by atoms with Crippen LogP contribution in [0.15, 0.2) is 27.6 Å². The number of phenolic OH excluding ortho intramolecular Hbond substituents is 1. The lowest BCUT2D eigenvalue weighted by Gasteiger charge is -2.07. The molecule has 0 radical (unpaired) electrons. The van der Waals surface area contributed by atoms with Crippen molar-refractivity contribution in [2.24, 2.45) is 15.4 Å². The number of nitrogens with zero attached hydrogens (tertiary/aromatic N) is 3. The van der Waals surface area contributed by atoms with Crippen molar-refractivity contribution in [3.05, 3.63) is 28.8 Å².